The molecule has 3 N–H and O–H groups in total. The maximum Gasteiger partial charge on any atom is 0.349 e. The summed E-state index contributed by atoms with van der Waals surface area (Å²) in [4.78, 5) is 24.6. The number of hydrogen-bond acceptors (Lipinski definition) is 4. The number of hydrogen-bond donors (Lipinski definition) is 2. The van der Waals surface area contributed by atoms with Crippen molar-refractivity contribution in [1.29, 1.82) is 0 Å². The molecule has 0 unspecified atom stereocenters. The first kappa shape index (κ1) is 14.8. The number of nitrogens with one attached hydrogen (secondary N) is 1. The number of aryl methyl sites for hydroxylation is 1. The summed E-state index contributed by atoms with van der Waals surface area (Å²) in [7, 11) is 0. The zero-order chi connectivity index (χ0) is 15.7. The summed E-state index contributed by atoms with van der Waals surface area (Å²) in [6, 6.07) is 7.55. The Kier molecular flexibility index (Phi) is 3.98. The molecule has 0 atom stereocenters. The molecule has 5 heteroatoms. The fourth-order valence-electron chi connectivity index (χ4n) is 3.09. The van der Waals surface area contributed by atoms with E-state index < -0.39 is 5.63 Å². The van der Waals surface area contributed by atoms with Crippen molar-refractivity contribution in [2.24, 2.45) is 5.73 Å². The van der Waals surface area contributed by atoms with Gasteiger partial charge < -0.3 is 15.5 Å². The summed E-state index contributed by atoms with van der Waals surface area (Å²) in [6.45, 7) is 1.78. The van der Waals surface area contributed by atoms with Gasteiger partial charge in [0.2, 0.25) is 0 Å². The van der Waals surface area contributed by atoms with E-state index in [1.807, 2.05) is 12.1 Å². The molecule has 1 aromatic heterocycles. The maximum absolute atomic E-state index is 12.5. The smallest absolute Gasteiger partial charge is 0.349 e. The van der Waals surface area contributed by atoms with E-state index >= 15 is 0 Å². The van der Waals surface area contributed by atoms with E-state index in [2.05, 4.69) is 5.32 Å². The minimum atomic E-state index is -0.582. The second-order valence-corrected chi connectivity index (χ2v) is 5.97. The van der Waals surface area contributed by atoms with Crippen LogP contribution in [0, 0.1) is 6.92 Å². The van der Waals surface area contributed by atoms with Gasteiger partial charge in [0.15, 0.2) is 0 Å². The van der Waals surface area contributed by atoms with Gasteiger partial charge in [0.25, 0.3) is 5.91 Å². The highest BCUT2D eigenvalue weighted by atomic mass is 16.4. The molecule has 1 amide bonds. The third kappa shape index (κ3) is 2.76. The van der Waals surface area contributed by atoms with Crippen molar-refractivity contribution in [3.63, 3.8) is 0 Å². The van der Waals surface area contributed by atoms with E-state index in [0.717, 1.165) is 31.1 Å². The van der Waals surface area contributed by atoms with E-state index in [4.69, 9.17) is 10.2 Å². The molecule has 22 heavy (non-hydrogen) atoms. The number of rotatable bonds is 2. The summed E-state index contributed by atoms with van der Waals surface area (Å²) < 4.78 is 5.26. The largest absolute Gasteiger partial charge is 0.422 e. The second kappa shape index (κ2) is 5.93. The van der Waals surface area contributed by atoms with Crippen LogP contribution < -0.4 is 16.7 Å². The second-order valence-electron chi connectivity index (χ2n) is 5.97. The molecule has 1 saturated carbocycles. The topological polar surface area (TPSA) is 85.3 Å². The van der Waals surface area contributed by atoms with E-state index in [1.54, 1.807) is 19.1 Å². The van der Waals surface area contributed by atoms with Crippen molar-refractivity contribution in [2.75, 3.05) is 0 Å². The molecule has 1 aliphatic rings. The van der Waals surface area contributed by atoms with Crippen LogP contribution in [0.4, 0.5) is 0 Å². The molecule has 0 bridgehead atoms. The van der Waals surface area contributed by atoms with Gasteiger partial charge >= 0.3 is 5.63 Å². The van der Waals surface area contributed by atoms with E-state index in [-0.39, 0.29) is 23.6 Å². The first-order valence-corrected chi connectivity index (χ1v) is 7.65. The highest BCUT2D eigenvalue weighted by Gasteiger charge is 2.24. The predicted octanol–water partition coefficient (Wildman–Crippen LogP) is 2.10. The lowest BCUT2D eigenvalue weighted by atomic mass is 9.91. The molecule has 5 nitrogen and oxygen atoms in total. The van der Waals surface area contributed by atoms with Crippen molar-refractivity contribution in [3.8, 4) is 0 Å². The number of para-hydroxylation sites is 1. The van der Waals surface area contributed by atoms with Gasteiger partial charge in [0.05, 0.1) is 0 Å². The van der Waals surface area contributed by atoms with Gasteiger partial charge in [-0.15, -0.1) is 0 Å². The summed E-state index contributed by atoms with van der Waals surface area (Å²) in [5, 5.41) is 3.74. The summed E-state index contributed by atoms with van der Waals surface area (Å²) in [5.74, 6) is -0.350. The van der Waals surface area contributed by atoms with E-state index in [1.165, 1.54) is 0 Å². The zero-order valence-corrected chi connectivity index (χ0v) is 12.6. The molecule has 1 aliphatic carbocycles. The number of benzene rings is 1. The minimum Gasteiger partial charge on any atom is -0.422 e. The zero-order valence-electron chi connectivity index (χ0n) is 12.6. The SMILES string of the molecule is Cc1c(C(=O)NC2CCC(N)CC2)c(=O)oc2ccccc12. The predicted molar refractivity (Wildman–Crippen MR) is 84.9 cm³/mol. The standard InChI is InChI=1S/C17H20N2O3/c1-10-13-4-2-3-5-14(13)22-17(21)15(10)16(20)19-12-8-6-11(18)7-9-12/h2-5,11-12H,6-9,18H2,1H3,(H,19,20). The summed E-state index contributed by atoms with van der Waals surface area (Å²) in [6.07, 6.45) is 3.50. The van der Waals surface area contributed by atoms with E-state index in [9.17, 15) is 9.59 Å². The molecule has 0 saturated heterocycles. The average Bonchev–Trinajstić information content (AvgIpc) is 2.49. The lowest BCUT2D eigenvalue weighted by molar-refractivity contribution is 0.0921. The van der Waals surface area contributed by atoms with Crippen LogP contribution in [0.5, 0.6) is 0 Å². The number of fused-ring (bicyclic) bond motifs is 1. The lowest BCUT2D eigenvalue weighted by Crippen LogP contribution is -2.42. The number of carbonyl (C=O) groups is 1. The van der Waals surface area contributed by atoms with Crippen molar-refractivity contribution < 1.29 is 9.21 Å². The molecular formula is C17H20N2O3. The summed E-state index contributed by atoms with van der Waals surface area (Å²) in [5.41, 5.74) is 6.56. The van der Waals surface area contributed by atoms with Crippen LogP contribution in [0.3, 0.4) is 0 Å². The Morgan fingerprint density at radius 3 is 2.64 bits per heavy atom. The van der Waals surface area contributed by atoms with Gasteiger partial charge in [-0.1, -0.05) is 18.2 Å². The Balaban J connectivity index is 1.89. The molecule has 1 fully saturated rings. The fraction of sp³-hybridized carbons (Fsp3) is 0.412. The Morgan fingerprint density at radius 1 is 1.23 bits per heavy atom. The van der Waals surface area contributed by atoms with E-state index in [0.29, 0.717) is 11.1 Å². The normalized spacial score (nSPS) is 21.7. The Morgan fingerprint density at radius 2 is 1.91 bits per heavy atom. The molecular weight excluding hydrogens is 280 g/mol. The third-order valence-electron chi connectivity index (χ3n) is 4.41. The monoisotopic (exact) mass is 300 g/mol. The van der Waals surface area contributed by atoms with Gasteiger partial charge in [-0.3, -0.25) is 4.79 Å². The Bertz CT molecular complexity index is 758. The van der Waals surface area contributed by atoms with Crippen LogP contribution in [0.25, 0.3) is 11.0 Å². The maximum atomic E-state index is 12.5. The van der Waals surface area contributed by atoms with Crippen LogP contribution in [0.15, 0.2) is 33.5 Å². The molecule has 1 heterocycles. The first-order chi connectivity index (χ1) is 10.6. The third-order valence-corrected chi connectivity index (χ3v) is 4.41. The van der Waals surface area contributed by atoms with Crippen molar-refractivity contribution in [2.45, 2.75) is 44.7 Å². The minimum absolute atomic E-state index is 0.0811. The first-order valence-electron chi connectivity index (χ1n) is 7.65. The molecule has 3 rings (SSSR count). The van der Waals surface area contributed by atoms with Gasteiger partial charge in [-0.2, -0.15) is 0 Å². The van der Waals surface area contributed by atoms with Crippen LogP contribution in [-0.4, -0.2) is 18.0 Å². The molecule has 0 radical (unpaired) electrons. The fourth-order valence-corrected chi connectivity index (χ4v) is 3.09. The number of nitrogens with two attached hydrogens (primary N) is 1. The highest BCUT2D eigenvalue weighted by molar-refractivity contribution is 5.99. The molecule has 2 aromatic rings. The molecule has 116 valence electrons. The van der Waals surface area contributed by atoms with Gasteiger partial charge in [0, 0.05) is 17.5 Å². The number of amides is 1. The molecule has 0 aliphatic heterocycles. The van der Waals surface area contributed by atoms with Gasteiger partial charge in [0.1, 0.15) is 11.1 Å². The summed E-state index contributed by atoms with van der Waals surface area (Å²) >= 11 is 0. The van der Waals surface area contributed by atoms with Crippen molar-refractivity contribution in [3.05, 3.63) is 45.8 Å². The van der Waals surface area contributed by atoms with Crippen LogP contribution >= 0.6 is 0 Å². The lowest BCUT2D eigenvalue weighted by Gasteiger charge is -2.26. The molecule has 0 spiro atoms. The van der Waals surface area contributed by atoms with Crippen LogP contribution in [-0.2, 0) is 0 Å². The van der Waals surface area contributed by atoms with Crippen LogP contribution in [0.1, 0.15) is 41.6 Å². The Hall–Kier alpha value is -2.14. The quantitative estimate of drug-likeness (QED) is 0.832. The van der Waals surface area contributed by atoms with Gasteiger partial charge in [-0.25, -0.2) is 4.79 Å². The van der Waals surface area contributed by atoms with Crippen molar-refractivity contribution in [1.82, 2.24) is 5.32 Å². The average molecular weight is 300 g/mol. The number of carbonyl (C=O) groups excluding carboxylic acids is 1. The molecule has 1 aromatic carbocycles. The van der Waals surface area contributed by atoms with Crippen molar-refractivity contribution >= 4 is 16.9 Å². The van der Waals surface area contributed by atoms with Crippen LogP contribution in [0.2, 0.25) is 0 Å². The highest BCUT2D eigenvalue weighted by Crippen LogP contribution is 2.20. The Labute approximate surface area is 128 Å². The van der Waals surface area contributed by atoms with Gasteiger partial charge in [-0.05, 0) is 44.2 Å².